The molecule has 0 bridgehead atoms. The predicted molar refractivity (Wildman–Crippen MR) is 52.9 cm³/mol. The molecule has 0 N–H and O–H groups in total. The zero-order valence-corrected chi connectivity index (χ0v) is 8.49. The number of benzene rings is 1. The quantitative estimate of drug-likeness (QED) is 0.554. The van der Waals surface area contributed by atoms with Gasteiger partial charge in [0.25, 0.3) is 0 Å². The van der Waals surface area contributed by atoms with Gasteiger partial charge >= 0.3 is 5.97 Å². The zero-order chi connectivity index (χ0) is 10.7. The third kappa shape index (κ3) is 1.94. The van der Waals surface area contributed by atoms with Gasteiger partial charge in [0.1, 0.15) is 19.0 Å². The molecule has 15 heavy (non-hydrogen) atoms. The minimum atomic E-state index is -0.276. The van der Waals surface area contributed by atoms with Gasteiger partial charge in [0.05, 0.1) is 12.2 Å². The summed E-state index contributed by atoms with van der Waals surface area (Å²) in [6, 6.07) is 5.36. The Bertz CT molecular complexity index is 373. The van der Waals surface area contributed by atoms with Crippen molar-refractivity contribution in [3.05, 3.63) is 29.3 Å². The van der Waals surface area contributed by atoms with E-state index in [2.05, 4.69) is 0 Å². The van der Waals surface area contributed by atoms with E-state index in [0.717, 1.165) is 5.56 Å². The molecule has 0 radical (unpaired) electrons. The fourth-order valence-corrected chi connectivity index (χ4v) is 1.49. The van der Waals surface area contributed by atoms with E-state index < -0.39 is 0 Å². The summed E-state index contributed by atoms with van der Waals surface area (Å²) < 4.78 is 15.3. The number of carbonyl (C=O) groups is 1. The number of ether oxygens (including phenoxy) is 3. The van der Waals surface area contributed by atoms with Crippen LogP contribution >= 0.6 is 0 Å². The molecule has 0 fully saturated rings. The van der Waals surface area contributed by atoms with Crippen LogP contribution in [0, 0.1) is 0 Å². The Morgan fingerprint density at radius 3 is 3.07 bits per heavy atom. The van der Waals surface area contributed by atoms with Crippen molar-refractivity contribution < 1.29 is 19.0 Å². The number of rotatable bonds is 4. The molecule has 1 aromatic rings. The molecule has 0 atom stereocenters. The van der Waals surface area contributed by atoms with E-state index in [-0.39, 0.29) is 5.97 Å². The Hall–Kier alpha value is -1.55. The average Bonchev–Trinajstić information content (AvgIpc) is 2.62. The number of hydrogen-bond donors (Lipinski definition) is 0. The SMILES string of the molecule is COCCOc1cccc2c1COC2=O. The van der Waals surface area contributed by atoms with Crippen LogP contribution in [0.25, 0.3) is 0 Å². The summed E-state index contributed by atoms with van der Waals surface area (Å²) >= 11 is 0. The molecule has 0 unspecified atom stereocenters. The van der Waals surface area contributed by atoms with Crippen molar-refractivity contribution >= 4 is 5.97 Å². The van der Waals surface area contributed by atoms with Crippen LogP contribution in [-0.4, -0.2) is 26.3 Å². The second-order valence-corrected chi connectivity index (χ2v) is 3.20. The fourth-order valence-electron chi connectivity index (χ4n) is 1.49. The van der Waals surface area contributed by atoms with Crippen molar-refractivity contribution in [3.8, 4) is 5.75 Å². The first-order valence-corrected chi connectivity index (χ1v) is 4.73. The number of cyclic esters (lactones) is 1. The van der Waals surface area contributed by atoms with Crippen molar-refractivity contribution in [2.75, 3.05) is 20.3 Å². The van der Waals surface area contributed by atoms with E-state index in [9.17, 15) is 4.79 Å². The highest BCUT2D eigenvalue weighted by atomic mass is 16.5. The molecule has 1 aromatic carbocycles. The van der Waals surface area contributed by atoms with Crippen molar-refractivity contribution in [1.29, 1.82) is 0 Å². The molecule has 0 aromatic heterocycles. The number of esters is 1. The van der Waals surface area contributed by atoms with E-state index in [4.69, 9.17) is 14.2 Å². The van der Waals surface area contributed by atoms with E-state index in [1.807, 2.05) is 6.07 Å². The molecule has 0 spiro atoms. The van der Waals surface area contributed by atoms with Crippen LogP contribution in [-0.2, 0) is 16.1 Å². The van der Waals surface area contributed by atoms with Crippen LogP contribution < -0.4 is 4.74 Å². The maximum absolute atomic E-state index is 11.2. The molecule has 0 saturated carbocycles. The molecule has 0 amide bonds. The first-order chi connectivity index (χ1) is 7.33. The molecule has 4 nitrogen and oxygen atoms in total. The molecule has 1 aliphatic heterocycles. The molecule has 1 heterocycles. The maximum Gasteiger partial charge on any atom is 0.339 e. The first-order valence-electron chi connectivity index (χ1n) is 4.73. The Balaban J connectivity index is 2.15. The van der Waals surface area contributed by atoms with Gasteiger partial charge in [0.2, 0.25) is 0 Å². The highest BCUT2D eigenvalue weighted by molar-refractivity contribution is 5.94. The van der Waals surface area contributed by atoms with Gasteiger partial charge in [-0.2, -0.15) is 0 Å². The van der Waals surface area contributed by atoms with E-state index >= 15 is 0 Å². The Kier molecular flexibility index (Phi) is 2.87. The van der Waals surface area contributed by atoms with Crippen LogP contribution in [0.2, 0.25) is 0 Å². The molecular weight excluding hydrogens is 196 g/mol. The van der Waals surface area contributed by atoms with Crippen LogP contribution in [0.3, 0.4) is 0 Å². The van der Waals surface area contributed by atoms with Crippen LogP contribution in [0.15, 0.2) is 18.2 Å². The Morgan fingerprint density at radius 1 is 1.40 bits per heavy atom. The van der Waals surface area contributed by atoms with Gasteiger partial charge < -0.3 is 14.2 Å². The van der Waals surface area contributed by atoms with Gasteiger partial charge in [-0.3, -0.25) is 0 Å². The highest BCUT2D eigenvalue weighted by Crippen LogP contribution is 2.28. The minimum absolute atomic E-state index is 0.276. The van der Waals surface area contributed by atoms with Gasteiger partial charge in [0, 0.05) is 12.7 Å². The van der Waals surface area contributed by atoms with Crippen molar-refractivity contribution in [1.82, 2.24) is 0 Å². The third-order valence-electron chi connectivity index (χ3n) is 2.25. The van der Waals surface area contributed by atoms with Gasteiger partial charge in [-0.15, -0.1) is 0 Å². The summed E-state index contributed by atoms with van der Waals surface area (Å²) in [5, 5.41) is 0. The standard InChI is InChI=1S/C11H12O4/c1-13-5-6-14-10-4-2-3-8-9(10)7-15-11(8)12/h2-4H,5-7H2,1H3. The molecule has 0 saturated heterocycles. The van der Waals surface area contributed by atoms with Crippen LogP contribution in [0.4, 0.5) is 0 Å². The largest absolute Gasteiger partial charge is 0.491 e. The van der Waals surface area contributed by atoms with Gasteiger partial charge in [-0.25, -0.2) is 4.79 Å². The van der Waals surface area contributed by atoms with Gasteiger partial charge in [-0.1, -0.05) is 6.07 Å². The lowest BCUT2D eigenvalue weighted by Gasteiger charge is -2.07. The molecule has 2 rings (SSSR count). The summed E-state index contributed by atoms with van der Waals surface area (Å²) in [4.78, 5) is 11.2. The molecule has 4 heteroatoms. The van der Waals surface area contributed by atoms with Crippen molar-refractivity contribution in [3.63, 3.8) is 0 Å². The molecular formula is C11H12O4. The smallest absolute Gasteiger partial charge is 0.339 e. The lowest BCUT2D eigenvalue weighted by Crippen LogP contribution is -2.05. The fraction of sp³-hybridized carbons (Fsp3) is 0.364. The second-order valence-electron chi connectivity index (χ2n) is 3.20. The summed E-state index contributed by atoms with van der Waals surface area (Å²) in [7, 11) is 1.62. The normalized spacial score (nSPS) is 13.5. The molecule has 0 aliphatic carbocycles. The summed E-state index contributed by atoms with van der Waals surface area (Å²) in [6.07, 6.45) is 0. The monoisotopic (exact) mass is 208 g/mol. The lowest BCUT2D eigenvalue weighted by atomic mass is 10.1. The zero-order valence-electron chi connectivity index (χ0n) is 8.49. The number of hydrogen-bond acceptors (Lipinski definition) is 4. The summed E-state index contributed by atoms with van der Waals surface area (Å²) in [6.45, 7) is 1.30. The van der Waals surface area contributed by atoms with E-state index in [1.54, 1.807) is 19.2 Å². The van der Waals surface area contributed by atoms with Gasteiger partial charge in [0.15, 0.2) is 0 Å². The number of carbonyl (C=O) groups excluding carboxylic acids is 1. The average molecular weight is 208 g/mol. The minimum Gasteiger partial charge on any atom is -0.491 e. The molecule has 1 aliphatic rings. The van der Waals surface area contributed by atoms with Crippen LogP contribution in [0.5, 0.6) is 5.75 Å². The summed E-state index contributed by atoms with van der Waals surface area (Å²) in [5.41, 5.74) is 1.43. The number of methoxy groups -OCH3 is 1. The maximum atomic E-state index is 11.2. The topological polar surface area (TPSA) is 44.8 Å². The Morgan fingerprint density at radius 2 is 2.27 bits per heavy atom. The lowest BCUT2D eigenvalue weighted by molar-refractivity contribution is 0.0533. The van der Waals surface area contributed by atoms with Crippen molar-refractivity contribution in [2.45, 2.75) is 6.61 Å². The van der Waals surface area contributed by atoms with E-state index in [1.165, 1.54) is 0 Å². The van der Waals surface area contributed by atoms with Crippen LogP contribution in [0.1, 0.15) is 15.9 Å². The first kappa shape index (κ1) is 9.98. The predicted octanol–water partition coefficient (Wildman–Crippen LogP) is 1.38. The van der Waals surface area contributed by atoms with E-state index in [0.29, 0.717) is 31.1 Å². The number of fused-ring (bicyclic) bond motifs is 1. The highest BCUT2D eigenvalue weighted by Gasteiger charge is 2.24. The second kappa shape index (κ2) is 4.31. The van der Waals surface area contributed by atoms with Gasteiger partial charge in [-0.05, 0) is 12.1 Å². The van der Waals surface area contributed by atoms with Crippen molar-refractivity contribution in [2.24, 2.45) is 0 Å². The Labute approximate surface area is 87.8 Å². The molecule has 80 valence electrons. The third-order valence-corrected chi connectivity index (χ3v) is 2.25. The summed E-state index contributed by atoms with van der Waals surface area (Å²) in [5.74, 6) is 0.428.